The van der Waals surface area contributed by atoms with Crippen LogP contribution in [-0.2, 0) is 28.6 Å². The maximum atomic E-state index is 12.8. The van der Waals surface area contributed by atoms with E-state index < -0.39 is 6.10 Å². The van der Waals surface area contributed by atoms with Crippen molar-refractivity contribution in [3.8, 4) is 0 Å². The number of ether oxygens (including phenoxy) is 3. The molecule has 382 valence electrons. The average molecular weight is 916 g/mol. The molecule has 0 aliphatic heterocycles. The maximum Gasteiger partial charge on any atom is 0.306 e. The van der Waals surface area contributed by atoms with E-state index in [9.17, 15) is 14.4 Å². The molecule has 0 rings (SSSR count). The lowest BCUT2D eigenvalue weighted by atomic mass is 10.0. The number of unbranched alkanes of at least 4 members (excludes halogenated alkanes) is 38. The summed E-state index contributed by atoms with van der Waals surface area (Å²) in [6, 6.07) is 0. The van der Waals surface area contributed by atoms with Crippen molar-refractivity contribution in [3.63, 3.8) is 0 Å². The fourth-order valence-electron chi connectivity index (χ4n) is 8.58. The summed E-state index contributed by atoms with van der Waals surface area (Å²) in [6.45, 7) is 6.60. The second-order valence-corrected chi connectivity index (χ2v) is 19.6. The minimum Gasteiger partial charge on any atom is -0.462 e. The molecule has 65 heavy (non-hydrogen) atoms. The number of allylic oxidation sites excluding steroid dienone is 4. The van der Waals surface area contributed by atoms with Crippen LogP contribution in [0.5, 0.6) is 0 Å². The van der Waals surface area contributed by atoms with Gasteiger partial charge in [-0.25, -0.2) is 0 Å². The van der Waals surface area contributed by atoms with E-state index in [1.165, 1.54) is 193 Å². The Morgan fingerprint density at radius 2 is 0.569 bits per heavy atom. The quantitative estimate of drug-likeness (QED) is 0.0262. The molecule has 0 radical (unpaired) electrons. The first-order chi connectivity index (χ1) is 32.0. The first-order valence-corrected chi connectivity index (χ1v) is 28.8. The molecule has 0 heterocycles. The summed E-state index contributed by atoms with van der Waals surface area (Å²) >= 11 is 0. The van der Waals surface area contributed by atoms with E-state index >= 15 is 0 Å². The molecule has 0 aromatic rings. The maximum absolute atomic E-state index is 12.8. The molecule has 0 fully saturated rings. The normalized spacial score (nSPS) is 12.1. The molecule has 0 saturated heterocycles. The fraction of sp³-hybridized carbons (Fsp3) is 0.881. The zero-order chi connectivity index (χ0) is 47.2. The SMILES string of the molecule is CCCC/C=C\C/C=C\CCCCCCCC(=O)OC(COC(=O)CCCCCCCCCC)COC(=O)CCCCCCCCCCCCCCCCCCCCCCCCCCC. The van der Waals surface area contributed by atoms with Crippen molar-refractivity contribution >= 4 is 17.9 Å². The average Bonchev–Trinajstić information content (AvgIpc) is 3.30. The van der Waals surface area contributed by atoms with E-state index in [2.05, 4.69) is 45.1 Å². The van der Waals surface area contributed by atoms with Crippen LogP contribution in [0, 0.1) is 0 Å². The Morgan fingerprint density at radius 1 is 0.308 bits per heavy atom. The van der Waals surface area contributed by atoms with Crippen LogP contribution in [0.2, 0.25) is 0 Å². The van der Waals surface area contributed by atoms with Crippen LogP contribution in [0.25, 0.3) is 0 Å². The number of esters is 3. The van der Waals surface area contributed by atoms with Gasteiger partial charge in [-0.1, -0.05) is 276 Å². The second kappa shape index (κ2) is 54.5. The molecular formula is C59H110O6. The van der Waals surface area contributed by atoms with Gasteiger partial charge in [0.05, 0.1) is 0 Å². The Bertz CT molecular complexity index is 1050. The molecule has 1 unspecified atom stereocenters. The lowest BCUT2D eigenvalue weighted by Gasteiger charge is -2.18. The van der Waals surface area contributed by atoms with Gasteiger partial charge in [-0.3, -0.25) is 14.4 Å². The molecule has 6 nitrogen and oxygen atoms in total. The third kappa shape index (κ3) is 52.7. The molecule has 0 saturated carbocycles. The van der Waals surface area contributed by atoms with Crippen LogP contribution in [-0.4, -0.2) is 37.2 Å². The summed E-state index contributed by atoms with van der Waals surface area (Å²) in [7, 11) is 0. The standard InChI is InChI=1S/C59H110O6/c1-4-7-10-13-16-19-21-23-25-26-27-28-29-30-31-32-33-34-35-37-38-40-43-46-49-52-58(61)64-55-56(54-63-57(60)51-48-45-42-18-15-12-9-6-3)65-59(62)53-50-47-44-41-39-36-24-22-20-17-14-11-8-5-2/h14,17,22,24,56H,4-13,15-16,18-21,23,25-55H2,1-3H3/b17-14-,24-22-. The predicted molar refractivity (Wildman–Crippen MR) is 279 cm³/mol. The zero-order valence-electron chi connectivity index (χ0n) is 43.8. The highest BCUT2D eigenvalue weighted by atomic mass is 16.6. The summed E-state index contributed by atoms with van der Waals surface area (Å²) in [6.07, 6.45) is 63.4. The van der Waals surface area contributed by atoms with E-state index in [0.29, 0.717) is 19.3 Å². The number of rotatable bonds is 53. The Hall–Kier alpha value is -2.11. The largest absolute Gasteiger partial charge is 0.462 e. The van der Waals surface area contributed by atoms with Crippen LogP contribution < -0.4 is 0 Å². The molecule has 1 atom stereocenters. The Morgan fingerprint density at radius 3 is 0.892 bits per heavy atom. The van der Waals surface area contributed by atoms with Gasteiger partial charge in [0.15, 0.2) is 6.10 Å². The summed E-state index contributed by atoms with van der Waals surface area (Å²) in [5, 5.41) is 0. The van der Waals surface area contributed by atoms with Crippen molar-refractivity contribution in [2.45, 2.75) is 322 Å². The van der Waals surface area contributed by atoms with Gasteiger partial charge in [0.25, 0.3) is 0 Å². The van der Waals surface area contributed by atoms with Crippen molar-refractivity contribution in [2.75, 3.05) is 13.2 Å². The second-order valence-electron chi connectivity index (χ2n) is 19.6. The number of carbonyl (C=O) groups excluding carboxylic acids is 3. The monoisotopic (exact) mass is 915 g/mol. The topological polar surface area (TPSA) is 78.9 Å². The summed E-state index contributed by atoms with van der Waals surface area (Å²) < 4.78 is 16.8. The highest BCUT2D eigenvalue weighted by Crippen LogP contribution is 2.17. The fourth-order valence-corrected chi connectivity index (χ4v) is 8.58. The molecule has 0 bridgehead atoms. The zero-order valence-corrected chi connectivity index (χ0v) is 43.8. The van der Waals surface area contributed by atoms with Gasteiger partial charge in [0.2, 0.25) is 0 Å². The van der Waals surface area contributed by atoms with Crippen molar-refractivity contribution in [2.24, 2.45) is 0 Å². The third-order valence-electron chi connectivity index (χ3n) is 13.0. The first-order valence-electron chi connectivity index (χ1n) is 28.8. The van der Waals surface area contributed by atoms with Gasteiger partial charge in [0, 0.05) is 19.3 Å². The van der Waals surface area contributed by atoms with Crippen molar-refractivity contribution in [3.05, 3.63) is 24.3 Å². The molecule has 6 heteroatoms. The Kier molecular flexibility index (Phi) is 52.7. The minimum absolute atomic E-state index is 0.0723. The highest BCUT2D eigenvalue weighted by molar-refractivity contribution is 5.71. The van der Waals surface area contributed by atoms with Gasteiger partial charge in [-0.2, -0.15) is 0 Å². The van der Waals surface area contributed by atoms with E-state index in [-0.39, 0.29) is 31.1 Å². The highest BCUT2D eigenvalue weighted by Gasteiger charge is 2.19. The van der Waals surface area contributed by atoms with Crippen LogP contribution >= 0.6 is 0 Å². The number of hydrogen-bond donors (Lipinski definition) is 0. The number of hydrogen-bond acceptors (Lipinski definition) is 6. The van der Waals surface area contributed by atoms with Crippen LogP contribution in [0.1, 0.15) is 316 Å². The predicted octanol–water partition coefficient (Wildman–Crippen LogP) is 19.1. The van der Waals surface area contributed by atoms with Crippen LogP contribution in [0.4, 0.5) is 0 Å². The Balaban J connectivity index is 4.10. The van der Waals surface area contributed by atoms with Crippen molar-refractivity contribution < 1.29 is 28.6 Å². The molecule has 0 aliphatic carbocycles. The Labute approximate surface area is 404 Å². The molecule has 0 amide bonds. The van der Waals surface area contributed by atoms with Crippen molar-refractivity contribution in [1.82, 2.24) is 0 Å². The summed E-state index contributed by atoms with van der Waals surface area (Å²) in [4.78, 5) is 37.9. The van der Waals surface area contributed by atoms with Crippen LogP contribution in [0.3, 0.4) is 0 Å². The molecule has 0 aliphatic rings. The molecule has 0 aromatic carbocycles. The van der Waals surface area contributed by atoms with Gasteiger partial charge in [-0.05, 0) is 44.9 Å². The van der Waals surface area contributed by atoms with Gasteiger partial charge in [-0.15, -0.1) is 0 Å². The molecule has 0 spiro atoms. The third-order valence-corrected chi connectivity index (χ3v) is 13.0. The summed E-state index contributed by atoms with van der Waals surface area (Å²) in [5.74, 6) is -0.874. The van der Waals surface area contributed by atoms with Gasteiger partial charge in [0.1, 0.15) is 13.2 Å². The molecule has 0 aromatic heterocycles. The first kappa shape index (κ1) is 62.9. The van der Waals surface area contributed by atoms with E-state index in [4.69, 9.17) is 14.2 Å². The number of carbonyl (C=O) groups is 3. The van der Waals surface area contributed by atoms with Gasteiger partial charge < -0.3 is 14.2 Å². The molecular weight excluding hydrogens is 805 g/mol. The van der Waals surface area contributed by atoms with Gasteiger partial charge >= 0.3 is 17.9 Å². The minimum atomic E-state index is -0.772. The van der Waals surface area contributed by atoms with E-state index in [1.54, 1.807) is 0 Å². The van der Waals surface area contributed by atoms with Crippen molar-refractivity contribution in [1.29, 1.82) is 0 Å². The summed E-state index contributed by atoms with van der Waals surface area (Å²) in [5.41, 5.74) is 0. The lowest BCUT2D eigenvalue weighted by molar-refractivity contribution is -0.167. The van der Waals surface area contributed by atoms with E-state index in [1.807, 2.05) is 0 Å². The smallest absolute Gasteiger partial charge is 0.306 e. The van der Waals surface area contributed by atoms with Crippen LogP contribution in [0.15, 0.2) is 24.3 Å². The molecule has 0 N–H and O–H groups in total. The lowest BCUT2D eigenvalue weighted by Crippen LogP contribution is -2.30. The van der Waals surface area contributed by atoms with E-state index in [0.717, 1.165) is 83.5 Å².